The number of halogens is 2. The van der Waals surface area contributed by atoms with Crippen molar-refractivity contribution in [1.29, 1.82) is 0 Å². The van der Waals surface area contributed by atoms with Crippen molar-refractivity contribution in [3.63, 3.8) is 0 Å². The number of ether oxygens (including phenoxy) is 1. The Morgan fingerprint density at radius 2 is 1.88 bits per heavy atom. The Bertz CT molecular complexity index is 1550. The molecule has 4 aliphatic heterocycles. The van der Waals surface area contributed by atoms with E-state index in [9.17, 15) is 0 Å². The molecule has 1 aromatic carbocycles. The lowest BCUT2D eigenvalue weighted by atomic mass is 9.95. The molecule has 0 amide bonds. The molecule has 0 saturated carbocycles. The number of allylic oxidation sites excluding steroid dienone is 3. The topological polar surface area (TPSA) is 66.4 Å². The Balaban J connectivity index is 1.24. The van der Waals surface area contributed by atoms with Crippen molar-refractivity contribution in [2.45, 2.75) is 61.5 Å². The minimum atomic E-state index is -0.467. The molecule has 3 aromatic rings. The summed E-state index contributed by atoms with van der Waals surface area (Å²) < 4.78 is 23.1. The van der Waals surface area contributed by atoms with E-state index in [0.717, 1.165) is 63.0 Å². The number of benzene rings is 1. The number of piperazine rings is 1. The van der Waals surface area contributed by atoms with Crippen LogP contribution in [0, 0.1) is 5.82 Å². The summed E-state index contributed by atoms with van der Waals surface area (Å²) in [6, 6.07) is 6.87. The molecule has 41 heavy (non-hydrogen) atoms. The molecule has 1 aliphatic carbocycles. The van der Waals surface area contributed by atoms with Crippen LogP contribution in [0.15, 0.2) is 42.6 Å². The molecule has 1 N–H and O–H groups in total. The third-order valence-electron chi connectivity index (χ3n) is 9.78. The van der Waals surface area contributed by atoms with Gasteiger partial charge in [-0.25, -0.2) is 4.39 Å². The lowest BCUT2D eigenvalue weighted by Gasteiger charge is -2.34. The Kier molecular flexibility index (Phi) is 6.27. The van der Waals surface area contributed by atoms with Gasteiger partial charge in [0.1, 0.15) is 23.6 Å². The highest BCUT2D eigenvalue weighted by atomic mass is 35.5. The maximum atomic E-state index is 16.7. The molecular weight excluding hydrogens is 539 g/mol. The number of hydrogen-bond donors (Lipinski definition) is 1. The molecule has 6 heterocycles. The van der Waals surface area contributed by atoms with E-state index >= 15 is 4.39 Å². The van der Waals surface area contributed by atoms with E-state index in [2.05, 4.69) is 20.1 Å². The zero-order valence-corrected chi connectivity index (χ0v) is 23.8. The van der Waals surface area contributed by atoms with Gasteiger partial charge in [-0.05, 0) is 62.7 Å². The Morgan fingerprint density at radius 3 is 2.68 bits per heavy atom. The fourth-order valence-corrected chi connectivity index (χ4v) is 8.13. The summed E-state index contributed by atoms with van der Waals surface area (Å²) in [5.74, 6) is 0.242. The molecule has 0 radical (unpaired) electrons. The van der Waals surface area contributed by atoms with Crippen molar-refractivity contribution in [2.75, 3.05) is 37.7 Å². The van der Waals surface area contributed by atoms with E-state index in [0.29, 0.717) is 35.5 Å². The van der Waals surface area contributed by atoms with Gasteiger partial charge in [0, 0.05) is 36.9 Å². The molecule has 8 rings (SSSR count). The second kappa shape index (κ2) is 10.0. The number of anilines is 1. The standard InChI is InChI=1S/C32H34ClFN6O/c33-25-9-2-1-6-20-7-3-8-23(26(20)25)28-27(34)29-24(16-35-28)30(39-17-21-10-11-22(18-39)36-21)38-31(37-29)41-19-32-12-4-14-40(32)15-5-13-32/h1-3,6-9,16,21-22,25,36H,4-5,10-15,17-19H2/t21-,22?,25?/m1/s1. The van der Waals surface area contributed by atoms with Crippen molar-refractivity contribution in [1.82, 2.24) is 25.2 Å². The van der Waals surface area contributed by atoms with Crippen molar-refractivity contribution in [3.05, 3.63) is 59.6 Å². The Hall–Kier alpha value is -3.07. The van der Waals surface area contributed by atoms with Crippen LogP contribution in [0.5, 0.6) is 6.01 Å². The first-order chi connectivity index (χ1) is 20.1. The molecule has 5 aliphatic rings. The van der Waals surface area contributed by atoms with Gasteiger partial charge in [-0.1, -0.05) is 42.5 Å². The molecule has 212 valence electrons. The minimum absolute atomic E-state index is 0.0482. The molecule has 4 fully saturated rings. The van der Waals surface area contributed by atoms with Gasteiger partial charge in [0.25, 0.3) is 0 Å². The number of aromatic nitrogens is 3. The SMILES string of the molecule is Fc1c(-c2cccc3c2C(Cl)C=CC=C3)ncc2c(N3CC4CC[C@H](C3)N4)nc(OCC34CCCN3CCC4)nc12. The maximum Gasteiger partial charge on any atom is 0.319 e. The average Bonchev–Trinajstić information content (AvgIpc) is 3.63. The predicted molar refractivity (Wildman–Crippen MR) is 160 cm³/mol. The Labute approximate surface area is 244 Å². The number of hydrogen-bond acceptors (Lipinski definition) is 7. The van der Waals surface area contributed by atoms with Crippen LogP contribution in [0.3, 0.4) is 0 Å². The number of alkyl halides is 1. The number of rotatable bonds is 5. The first-order valence-corrected chi connectivity index (χ1v) is 15.4. The van der Waals surface area contributed by atoms with Gasteiger partial charge >= 0.3 is 6.01 Å². The fraction of sp³-hybridized carbons (Fsp3) is 0.469. The molecule has 2 unspecified atom stereocenters. The average molecular weight is 573 g/mol. The van der Waals surface area contributed by atoms with Crippen LogP contribution in [0.4, 0.5) is 10.2 Å². The second-order valence-corrected chi connectivity index (χ2v) is 12.7. The molecule has 3 atom stereocenters. The normalized spacial score (nSPS) is 26.4. The van der Waals surface area contributed by atoms with Gasteiger partial charge in [0.2, 0.25) is 0 Å². The zero-order chi connectivity index (χ0) is 27.6. The molecule has 0 spiro atoms. The highest BCUT2D eigenvalue weighted by molar-refractivity contribution is 6.23. The van der Waals surface area contributed by atoms with E-state index in [1.165, 1.54) is 12.8 Å². The van der Waals surface area contributed by atoms with Gasteiger partial charge in [0.15, 0.2) is 5.82 Å². The number of fused-ring (bicyclic) bond motifs is 5. The molecule has 4 saturated heterocycles. The summed E-state index contributed by atoms with van der Waals surface area (Å²) >= 11 is 6.77. The number of pyridine rings is 1. The van der Waals surface area contributed by atoms with Gasteiger partial charge in [-0.2, -0.15) is 9.97 Å². The first kappa shape index (κ1) is 25.6. The highest BCUT2D eigenvalue weighted by Crippen LogP contribution is 2.41. The summed E-state index contributed by atoms with van der Waals surface area (Å²) in [6.07, 6.45) is 16.4. The minimum Gasteiger partial charge on any atom is -0.461 e. The van der Waals surface area contributed by atoms with Crippen LogP contribution >= 0.6 is 11.6 Å². The predicted octanol–water partition coefficient (Wildman–Crippen LogP) is 5.64. The second-order valence-electron chi connectivity index (χ2n) is 12.2. The molecule has 2 bridgehead atoms. The highest BCUT2D eigenvalue weighted by Gasteiger charge is 2.45. The lowest BCUT2D eigenvalue weighted by Crippen LogP contribution is -2.51. The third kappa shape index (κ3) is 4.34. The quantitative estimate of drug-likeness (QED) is 0.397. The summed E-state index contributed by atoms with van der Waals surface area (Å²) in [7, 11) is 0. The lowest BCUT2D eigenvalue weighted by molar-refractivity contribution is 0.108. The largest absolute Gasteiger partial charge is 0.461 e. The van der Waals surface area contributed by atoms with Crippen molar-refractivity contribution >= 4 is 34.4 Å². The third-order valence-corrected chi connectivity index (χ3v) is 10.1. The van der Waals surface area contributed by atoms with Crippen LogP contribution in [0.2, 0.25) is 0 Å². The van der Waals surface area contributed by atoms with Crippen LogP contribution in [-0.4, -0.2) is 70.3 Å². The van der Waals surface area contributed by atoms with Gasteiger partial charge in [-0.3, -0.25) is 9.88 Å². The summed E-state index contributed by atoms with van der Waals surface area (Å²) in [5, 5.41) is 3.90. The van der Waals surface area contributed by atoms with E-state index in [-0.39, 0.29) is 22.8 Å². The summed E-state index contributed by atoms with van der Waals surface area (Å²) in [4.78, 5) is 19.2. The van der Waals surface area contributed by atoms with Crippen molar-refractivity contribution < 1.29 is 9.13 Å². The van der Waals surface area contributed by atoms with Crippen LogP contribution < -0.4 is 15.0 Å². The van der Waals surface area contributed by atoms with Crippen molar-refractivity contribution in [3.8, 4) is 17.3 Å². The van der Waals surface area contributed by atoms with Crippen LogP contribution in [0.1, 0.15) is 55.0 Å². The van der Waals surface area contributed by atoms with Gasteiger partial charge < -0.3 is 15.0 Å². The van der Waals surface area contributed by atoms with E-state index < -0.39 is 11.2 Å². The van der Waals surface area contributed by atoms with Gasteiger partial charge in [-0.15, -0.1) is 11.6 Å². The van der Waals surface area contributed by atoms with Crippen molar-refractivity contribution in [2.24, 2.45) is 0 Å². The summed E-state index contributed by atoms with van der Waals surface area (Å²) in [6.45, 7) is 4.41. The maximum absolute atomic E-state index is 16.7. The molecular formula is C32H34ClFN6O. The van der Waals surface area contributed by atoms with Crippen LogP contribution in [-0.2, 0) is 0 Å². The monoisotopic (exact) mass is 572 g/mol. The van der Waals surface area contributed by atoms with E-state index in [1.807, 2.05) is 42.5 Å². The number of nitrogens with one attached hydrogen (secondary N) is 1. The van der Waals surface area contributed by atoms with E-state index in [1.54, 1.807) is 6.20 Å². The summed E-state index contributed by atoms with van der Waals surface area (Å²) in [5.41, 5.74) is 3.01. The fourth-order valence-electron chi connectivity index (χ4n) is 7.80. The van der Waals surface area contributed by atoms with E-state index in [4.69, 9.17) is 26.3 Å². The van der Waals surface area contributed by atoms with Gasteiger partial charge in [0.05, 0.1) is 16.3 Å². The van der Waals surface area contributed by atoms with Crippen LogP contribution in [0.25, 0.3) is 28.2 Å². The zero-order valence-electron chi connectivity index (χ0n) is 23.0. The smallest absolute Gasteiger partial charge is 0.319 e. The number of nitrogens with zero attached hydrogens (tertiary/aromatic N) is 5. The first-order valence-electron chi connectivity index (χ1n) is 15.0. The Morgan fingerprint density at radius 1 is 1.07 bits per heavy atom. The molecule has 7 nitrogen and oxygen atoms in total. The molecule has 2 aromatic heterocycles. The molecule has 9 heteroatoms.